The van der Waals surface area contributed by atoms with Gasteiger partial charge < -0.3 is 0 Å². The maximum atomic E-state index is 11.1. The summed E-state index contributed by atoms with van der Waals surface area (Å²) in [5, 5.41) is 4.16. The highest BCUT2D eigenvalue weighted by molar-refractivity contribution is 9.10. The molecule has 0 radical (unpaired) electrons. The number of halogens is 1. The summed E-state index contributed by atoms with van der Waals surface area (Å²) in [6.45, 7) is 5.84. The van der Waals surface area contributed by atoms with E-state index in [1.54, 1.807) is 18.3 Å². The number of hydrogen-bond donors (Lipinski definition) is 0. The molecule has 0 aliphatic carbocycles. The summed E-state index contributed by atoms with van der Waals surface area (Å²) < 4.78 is 1.11. The van der Waals surface area contributed by atoms with Gasteiger partial charge in [0.05, 0.1) is 0 Å². The molecule has 0 unspecified atom stereocenters. The van der Waals surface area contributed by atoms with Crippen molar-refractivity contribution in [3.8, 4) is 0 Å². The molecular formula is C10H13BrOS. The Labute approximate surface area is 91.3 Å². The van der Waals surface area contributed by atoms with Crippen LogP contribution in [0.15, 0.2) is 15.2 Å². The van der Waals surface area contributed by atoms with Crippen LogP contribution in [0.2, 0.25) is 0 Å². The average molecular weight is 261 g/mol. The van der Waals surface area contributed by atoms with Crippen molar-refractivity contribution in [3.05, 3.63) is 20.8 Å². The summed E-state index contributed by atoms with van der Waals surface area (Å²) in [5.41, 5.74) is 1.18. The fourth-order valence-corrected chi connectivity index (χ4v) is 3.50. The van der Waals surface area contributed by atoms with Gasteiger partial charge in [-0.05, 0) is 39.2 Å². The molecule has 1 nitrogen and oxygen atoms in total. The van der Waals surface area contributed by atoms with Crippen LogP contribution >= 0.6 is 27.3 Å². The lowest BCUT2D eigenvalue weighted by Gasteiger charge is -2.22. The molecule has 0 aromatic carbocycles. The Morgan fingerprint density at radius 2 is 2.15 bits per heavy atom. The van der Waals surface area contributed by atoms with Crippen molar-refractivity contribution in [3.63, 3.8) is 0 Å². The maximum absolute atomic E-state index is 11.1. The Hall–Kier alpha value is -0.150. The van der Waals surface area contributed by atoms with Gasteiger partial charge in [-0.3, -0.25) is 4.79 Å². The van der Waals surface area contributed by atoms with Crippen molar-refractivity contribution in [2.24, 2.45) is 0 Å². The lowest BCUT2D eigenvalue weighted by molar-refractivity contribution is -0.118. The SMILES string of the molecule is CC(=O)CC(C)(C)c1cscc1Br. The summed E-state index contributed by atoms with van der Waals surface area (Å²) in [7, 11) is 0. The summed E-state index contributed by atoms with van der Waals surface area (Å²) in [4.78, 5) is 11.1. The predicted octanol–water partition coefficient (Wildman–Crippen LogP) is 3.77. The smallest absolute Gasteiger partial charge is 0.130 e. The van der Waals surface area contributed by atoms with E-state index in [0.29, 0.717) is 6.42 Å². The van der Waals surface area contributed by atoms with Crippen molar-refractivity contribution in [1.29, 1.82) is 0 Å². The highest BCUT2D eigenvalue weighted by Crippen LogP contribution is 2.35. The lowest BCUT2D eigenvalue weighted by atomic mass is 9.82. The van der Waals surface area contributed by atoms with Gasteiger partial charge in [0.15, 0.2) is 0 Å². The molecule has 0 spiro atoms. The van der Waals surface area contributed by atoms with Crippen molar-refractivity contribution in [2.45, 2.75) is 32.6 Å². The molecule has 0 amide bonds. The van der Waals surface area contributed by atoms with Gasteiger partial charge in [0.1, 0.15) is 5.78 Å². The first-order valence-electron chi connectivity index (χ1n) is 4.15. The normalized spacial score (nSPS) is 11.7. The van der Waals surface area contributed by atoms with Crippen LogP contribution in [0.1, 0.15) is 32.8 Å². The maximum Gasteiger partial charge on any atom is 0.130 e. The number of Topliss-reactive ketones (excluding diaryl/α,β-unsaturated/α-hetero) is 1. The first kappa shape index (κ1) is 10.9. The first-order chi connectivity index (χ1) is 5.93. The number of hydrogen-bond acceptors (Lipinski definition) is 2. The summed E-state index contributed by atoms with van der Waals surface area (Å²) in [6.07, 6.45) is 0.600. The molecular weight excluding hydrogens is 248 g/mol. The van der Waals surface area contributed by atoms with Crippen LogP contribution in [-0.4, -0.2) is 5.78 Å². The Morgan fingerprint density at radius 1 is 1.54 bits per heavy atom. The molecule has 1 aromatic rings. The molecule has 0 bridgehead atoms. The van der Waals surface area contributed by atoms with Crippen molar-refractivity contribution >= 4 is 33.0 Å². The molecule has 0 aliphatic rings. The van der Waals surface area contributed by atoms with Gasteiger partial charge in [-0.15, -0.1) is 0 Å². The number of carbonyl (C=O) groups excluding carboxylic acids is 1. The predicted molar refractivity (Wildman–Crippen MR) is 60.3 cm³/mol. The van der Waals surface area contributed by atoms with Crippen LogP contribution in [0.5, 0.6) is 0 Å². The van der Waals surface area contributed by atoms with E-state index in [1.165, 1.54) is 5.56 Å². The molecule has 1 heterocycles. The molecule has 72 valence electrons. The van der Waals surface area contributed by atoms with Gasteiger partial charge in [0.2, 0.25) is 0 Å². The fourth-order valence-electron chi connectivity index (χ4n) is 1.48. The van der Waals surface area contributed by atoms with Crippen LogP contribution in [-0.2, 0) is 10.2 Å². The topological polar surface area (TPSA) is 17.1 Å². The molecule has 0 atom stereocenters. The van der Waals surface area contributed by atoms with E-state index < -0.39 is 0 Å². The van der Waals surface area contributed by atoms with E-state index >= 15 is 0 Å². The standard InChI is InChI=1S/C10H13BrOS/c1-7(12)4-10(2,3)8-5-13-6-9(8)11/h5-6H,4H2,1-3H3. The first-order valence-corrected chi connectivity index (χ1v) is 5.88. The van der Waals surface area contributed by atoms with Crippen molar-refractivity contribution in [2.75, 3.05) is 0 Å². The summed E-state index contributed by atoms with van der Waals surface area (Å²) >= 11 is 5.15. The second kappa shape index (κ2) is 3.93. The zero-order valence-corrected chi connectivity index (χ0v) is 10.5. The van der Waals surface area contributed by atoms with Gasteiger partial charge in [-0.25, -0.2) is 0 Å². The van der Waals surface area contributed by atoms with Crippen molar-refractivity contribution < 1.29 is 4.79 Å². The molecule has 0 fully saturated rings. The molecule has 1 rings (SSSR count). The minimum absolute atomic E-state index is 0.0509. The van der Waals surface area contributed by atoms with Crippen LogP contribution in [0, 0.1) is 0 Å². The second-order valence-corrected chi connectivity index (χ2v) is 5.49. The largest absolute Gasteiger partial charge is 0.300 e. The van der Waals surface area contributed by atoms with E-state index in [-0.39, 0.29) is 11.2 Å². The monoisotopic (exact) mass is 260 g/mol. The molecule has 0 saturated carbocycles. The van der Waals surface area contributed by atoms with Gasteiger partial charge in [-0.1, -0.05) is 13.8 Å². The average Bonchev–Trinajstić information content (AvgIpc) is 2.32. The van der Waals surface area contributed by atoms with Crippen LogP contribution < -0.4 is 0 Å². The quantitative estimate of drug-likeness (QED) is 0.809. The van der Waals surface area contributed by atoms with Gasteiger partial charge in [0.25, 0.3) is 0 Å². The molecule has 1 aromatic heterocycles. The third-order valence-corrected chi connectivity index (χ3v) is 3.74. The Bertz CT molecular complexity index is 314. The van der Waals surface area contributed by atoms with E-state index in [0.717, 1.165) is 4.47 Å². The molecule has 13 heavy (non-hydrogen) atoms. The third-order valence-electron chi connectivity index (χ3n) is 2.03. The minimum Gasteiger partial charge on any atom is -0.300 e. The zero-order chi connectivity index (χ0) is 10.1. The third kappa shape index (κ3) is 2.64. The Kier molecular flexibility index (Phi) is 3.30. The van der Waals surface area contributed by atoms with Gasteiger partial charge >= 0.3 is 0 Å². The van der Waals surface area contributed by atoms with E-state index in [1.807, 2.05) is 0 Å². The second-order valence-electron chi connectivity index (χ2n) is 3.90. The van der Waals surface area contributed by atoms with Gasteiger partial charge in [-0.2, -0.15) is 11.3 Å². The van der Waals surface area contributed by atoms with E-state index in [4.69, 9.17) is 0 Å². The van der Waals surface area contributed by atoms with Crippen molar-refractivity contribution in [1.82, 2.24) is 0 Å². The number of carbonyl (C=O) groups is 1. The number of ketones is 1. The fraction of sp³-hybridized carbons (Fsp3) is 0.500. The van der Waals surface area contributed by atoms with Gasteiger partial charge in [0, 0.05) is 16.3 Å². The summed E-state index contributed by atoms with van der Waals surface area (Å²) in [6, 6.07) is 0. The molecule has 3 heteroatoms. The number of thiophene rings is 1. The molecule has 0 saturated heterocycles. The van der Waals surface area contributed by atoms with Crippen LogP contribution in [0.3, 0.4) is 0 Å². The Balaban J connectivity index is 2.93. The Morgan fingerprint density at radius 3 is 2.54 bits per heavy atom. The highest BCUT2D eigenvalue weighted by Gasteiger charge is 2.25. The van der Waals surface area contributed by atoms with E-state index in [9.17, 15) is 4.79 Å². The lowest BCUT2D eigenvalue weighted by Crippen LogP contribution is -2.20. The molecule has 0 aliphatic heterocycles. The summed E-state index contributed by atoms with van der Waals surface area (Å²) in [5.74, 6) is 0.239. The van der Waals surface area contributed by atoms with E-state index in [2.05, 4.69) is 40.5 Å². The highest BCUT2D eigenvalue weighted by atomic mass is 79.9. The minimum atomic E-state index is -0.0509. The molecule has 0 N–H and O–H groups in total. The van der Waals surface area contributed by atoms with Crippen LogP contribution in [0.25, 0.3) is 0 Å². The van der Waals surface area contributed by atoms with Crippen LogP contribution in [0.4, 0.5) is 0 Å². The zero-order valence-electron chi connectivity index (χ0n) is 8.06. The number of rotatable bonds is 3.